The summed E-state index contributed by atoms with van der Waals surface area (Å²) in [6.45, 7) is 14.5. The van der Waals surface area contributed by atoms with Gasteiger partial charge in [0.05, 0.1) is 20.5 Å². The number of carbonyl (C=O) groups excluding carboxylic acids is 2. The molecule has 33 heavy (non-hydrogen) atoms. The van der Waals surface area contributed by atoms with Crippen LogP contribution in [-0.2, 0) is 27.1 Å². The van der Waals surface area contributed by atoms with Crippen molar-refractivity contribution in [1.82, 2.24) is 0 Å². The molecule has 180 valence electrons. The van der Waals surface area contributed by atoms with E-state index in [0.29, 0.717) is 23.7 Å². The van der Waals surface area contributed by atoms with Crippen LogP contribution in [0.1, 0.15) is 83.9 Å². The van der Waals surface area contributed by atoms with E-state index in [4.69, 9.17) is 0 Å². The third kappa shape index (κ3) is 7.11. The van der Waals surface area contributed by atoms with E-state index in [0.717, 1.165) is 24.8 Å². The Hall–Kier alpha value is -2.26. The Morgan fingerprint density at radius 2 is 1.39 bits per heavy atom. The molecule has 2 aromatic carbocycles. The molecule has 0 saturated heterocycles. The second-order valence-corrected chi connectivity index (χ2v) is 12.2. The van der Waals surface area contributed by atoms with Crippen molar-refractivity contribution >= 4 is 12.1 Å². The Bertz CT molecular complexity index is 920. The van der Waals surface area contributed by atoms with Crippen LogP contribution in [0.5, 0.6) is 0 Å². The smallest absolute Gasteiger partial charge is 0.139 e. The number of benzene rings is 2. The first-order valence-corrected chi connectivity index (χ1v) is 12.1. The molecule has 0 spiro atoms. The van der Waals surface area contributed by atoms with Crippen molar-refractivity contribution in [3.8, 4) is 0 Å². The van der Waals surface area contributed by atoms with E-state index in [1.807, 2.05) is 6.07 Å². The molecular weight excluding hydrogens is 406 g/mol. The van der Waals surface area contributed by atoms with Crippen LogP contribution in [0, 0.1) is 5.41 Å². The van der Waals surface area contributed by atoms with Crippen LogP contribution < -0.4 is 0 Å². The van der Waals surface area contributed by atoms with Crippen LogP contribution in [0.2, 0.25) is 0 Å². The molecule has 0 aliphatic heterocycles. The summed E-state index contributed by atoms with van der Waals surface area (Å²) in [7, 11) is 4.41. The van der Waals surface area contributed by atoms with E-state index in [9.17, 15) is 9.59 Å². The number of rotatable bonds is 11. The van der Waals surface area contributed by atoms with Gasteiger partial charge in [0.15, 0.2) is 0 Å². The highest BCUT2D eigenvalue weighted by Crippen LogP contribution is 2.40. The van der Waals surface area contributed by atoms with Crippen LogP contribution in [0.3, 0.4) is 0 Å². The third-order valence-electron chi connectivity index (χ3n) is 7.10. The fourth-order valence-electron chi connectivity index (χ4n) is 5.28. The van der Waals surface area contributed by atoms with Crippen molar-refractivity contribution in [1.29, 1.82) is 0 Å². The Morgan fingerprint density at radius 3 is 1.91 bits per heavy atom. The average molecular weight is 451 g/mol. The minimum atomic E-state index is -0.414. The number of hydrogen-bond acceptors (Lipinski definition) is 2. The average Bonchev–Trinajstić information content (AvgIpc) is 2.71. The lowest BCUT2D eigenvalue weighted by atomic mass is 9.71. The van der Waals surface area contributed by atoms with Gasteiger partial charge in [-0.2, -0.15) is 0 Å². The Balaban J connectivity index is 2.44. The minimum absolute atomic E-state index is 0.0708. The fourth-order valence-corrected chi connectivity index (χ4v) is 5.28. The van der Waals surface area contributed by atoms with E-state index in [1.54, 1.807) is 0 Å². The molecule has 0 saturated carbocycles. The lowest BCUT2D eigenvalue weighted by Crippen LogP contribution is -2.56. The van der Waals surface area contributed by atoms with Crippen molar-refractivity contribution in [2.24, 2.45) is 5.41 Å². The highest BCUT2D eigenvalue weighted by molar-refractivity contribution is 5.81. The molecule has 0 amide bonds. The zero-order chi connectivity index (χ0) is 24.9. The Kier molecular flexibility index (Phi) is 8.46. The van der Waals surface area contributed by atoms with Gasteiger partial charge >= 0.3 is 0 Å². The number of hydrogen-bond donors (Lipinski definition) is 0. The molecule has 0 aliphatic carbocycles. The summed E-state index contributed by atoms with van der Waals surface area (Å²) >= 11 is 0. The molecule has 0 heterocycles. The molecule has 0 bridgehead atoms. The third-order valence-corrected chi connectivity index (χ3v) is 7.10. The number of Topliss-reactive ketones (excluding diaryl/α,β-unsaturated/α-hetero) is 1. The summed E-state index contributed by atoms with van der Waals surface area (Å²) in [6.07, 6.45) is 2.94. The van der Waals surface area contributed by atoms with Crippen LogP contribution >= 0.6 is 0 Å². The lowest BCUT2D eigenvalue weighted by Gasteiger charge is -2.47. The molecular formula is C30H44NO2+. The molecule has 2 aromatic rings. The van der Waals surface area contributed by atoms with Crippen LogP contribution in [0.25, 0.3) is 0 Å². The molecule has 3 nitrogen and oxygen atoms in total. The second-order valence-electron chi connectivity index (χ2n) is 12.2. The Morgan fingerprint density at radius 1 is 0.848 bits per heavy atom. The molecule has 0 radical (unpaired) electrons. The number of quaternary nitrogens is 1. The molecule has 0 N–H and O–H groups in total. The standard InChI is InChI=1S/C30H44NO2/c1-28(2,3)23-29(4,5)25-16-18-26(19-17-25)30(6,21-27(33)15-12-20-32)31(7,8)22-24-13-10-9-11-14-24/h9-11,13-14,16-20H,12,15,21-23H2,1-8H3/q+1. The summed E-state index contributed by atoms with van der Waals surface area (Å²) in [5.74, 6) is 0.140. The fraction of sp³-hybridized carbons (Fsp3) is 0.533. The molecule has 3 heteroatoms. The number of aldehydes is 1. The molecule has 2 rings (SSSR count). The highest BCUT2D eigenvalue weighted by atomic mass is 16.1. The van der Waals surface area contributed by atoms with Crippen molar-refractivity contribution < 1.29 is 14.1 Å². The van der Waals surface area contributed by atoms with Gasteiger partial charge < -0.3 is 9.28 Å². The largest absolute Gasteiger partial charge is 0.316 e. The number of carbonyl (C=O) groups is 2. The van der Waals surface area contributed by atoms with Gasteiger partial charge in [-0.05, 0) is 29.7 Å². The van der Waals surface area contributed by atoms with Crippen LogP contribution in [0.4, 0.5) is 0 Å². The van der Waals surface area contributed by atoms with Gasteiger partial charge in [-0.15, -0.1) is 0 Å². The first kappa shape index (κ1) is 27.0. The monoisotopic (exact) mass is 450 g/mol. The summed E-state index contributed by atoms with van der Waals surface area (Å²) in [6, 6.07) is 19.4. The summed E-state index contributed by atoms with van der Waals surface area (Å²) in [5, 5.41) is 0. The van der Waals surface area contributed by atoms with Crippen molar-refractivity contribution in [3.63, 3.8) is 0 Å². The maximum atomic E-state index is 12.9. The molecule has 0 aromatic heterocycles. The summed E-state index contributed by atoms with van der Waals surface area (Å²) in [4.78, 5) is 23.8. The number of ketones is 1. The van der Waals surface area contributed by atoms with Crippen molar-refractivity contribution in [3.05, 3.63) is 71.3 Å². The van der Waals surface area contributed by atoms with E-state index in [1.165, 1.54) is 11.1 Å². The molecule has 1 unspecified atom stereocenters. The second kappa shape index (κ2) is 10.3. The maximum absolute atomic E-state index is 12.9. The zero-order valence-electron chi connectivity index (χ0n) is 22.1. The molecule has 0 fully saturated rings. The van der Waals surface area contributed by atoms with Crippen molar-refractivity contribution in [2.75, 3.05) is 14.1 Å². The summed E-state index contributed by atoms with van der Waals surface area (Å²) < 4.78 is 0.647. The van der Waals surface area contributed by atoms with Crippen molar-refractivity contribution in [2.45, 2.75) is 84.7 Å². The van der Waals surface area contributed by atoms with Gasteiger partial charge in [0.1, 0.15) is 24.2 Å². The number of nitrogens with zero attached hydrogens (tertiary/aromatic N) is 1. The van der Waals surface area contributed by atoms with Gasteiger partial charge in [-0.1, -0.05) is 89.2 Å². The first-order valence-electron chi connectivity index (χ1n) is 12.1. The van der Waals surface area contributed by atoms with Gasteiger partial charge in [-0.3, -0.25) is 4.79 Å². The van der Waals surface area contributed by atoms with Gasteiger partial charge in [-0.25, -0.2) is 0 Å². The first-order chi connectivity index (χ1) is 15.2. The van der Waals surface area contributed by atoms with E-state index in [2.05, 4.69) is 104 Å². The topological polar surface area (TPSA) is 34.1 Å². The minimum Gasteiger partial charge on any atom is -0.316 e. The summed E-state index contributed by atoms with van der Waals surface area (Å²) in [5.41, 5.74) is 3.64. The SMILES string of the molecule is CC(C)(C)CC(C)(C)c1ccc(C(C)(CC(=O)CCC=O)[N+](C)(C)Cc2ccccc2)cc1. The molecule has 1 atom stereocenters. The molecule has 0 aliphatic rings. The van der Waals surface area contributed by atoms with Gasteiger partial charge in [0, 0.05) is 24.0 Å². The maximum Gasteiger partial charge on any atom is 0.139 e. The van der Waals surface area contributed by atoms with Gasteiger partial charge in [0.25, 0.3) is 0 Å². The Labute approximate surface area is 201 Å². The lowest BCUT2D eigenvalue weighted by molar-refractivity contribution is -0.959. The normalized spacial score (nSPS) is 14.5. The predicted molar refractivity (Wildman–Crippen MR) is 138 cm³/mol. The highest BCUT2D eigenvalue weighted by Gasteiger charge is 2.44. The van der Waals surface area contributed by atoms with E-state index in [-0.39, 0.29) is 16.6 Å². The van der Waals surface area contributed by atoms with E-state index >= 15 is 0 Å². The quantitative estimate of drug-likeness (QED) is 0.278. The van der Waals surface area contributed by atoms with Gasteiger partial charge in [0.2, 0.25) is 0 Å². The van der Waals surface area contributed by atoms with E-state index < -0.39 is 5.54 Å². The predicted octanol–water partition coefficient (Wildman–Crippen LogP) is 6.83. The van der Waals surface area contributed by atoms with Crippen LogP contribution in [0.15, 0.2) is 54.6 Å². The zero-order valence-corrected chi connectivity index (χ0v) is 22.1. The van der Waals surface area contributed by atoms with Crippen LogP contribution in [-0.4, -0.2) is 30.6 Å².